The van der Waals surface area contributed by atoms with Gasteiger partial charge < -0.3 is 0 Å². The van der Waals surface area contributed by atoms with Gasteiger partial charge in [0.05, 0.1) is 5.56 Å². The van der Waals surface area contributed by atoms with E-state index in [1.807, 2.05) is 0 Å². The molecule has 0 aromatic heterocycles. The second-order valence-corrected chi connectivity index (χ2v) is 3.03. The molecular weight excluding hydrogens is 197 g/mol. The fourth-order valence-electron chi connectivity index (χ4n) is 0.909. The van der Waals surface area contributed by atoms with Crippen LogP contribution in [-0.2, 0) is 0 Å². The van der Waals surface area contributed by atoms with Gasteiger partial charge in [0.15, 0.2) is 0 Å². The van der Waals surface area contributed by atoms with E-state index in [-0.39, 0.29) is 5.56 Å². The third-order valence-electron chi connectivity index (χ3n) is 1.56. The third-order valence-corrected chi connectivity index (χ3v) is 1.78. The average Bonchev–Trinajstić information content (AvgIpc) is 2.21. The molecule has 3 heteroatoms. The van der Waals surface area contributed by atoms with Gasteiger partial charge >= 0.3 is 0 Å². The molecule has 1 aromatic carbocycles. The number of rotatable bonds is 1. The highest BCUT2D eigenvalue weighted by atomic mass is 32.1. The molecular formula is C11H8FNS. The molecule has 0 heterocycles. The summed E-state index contributed by atoms with van der Waals surface area (Å²) in [5, 5.41) is 8.56. The molecule has 0 aliphatic rings. The molecule has 0 spiro atoms. The molecule has 0 bridgehead atoms. The molecule has 0 aliphatic heterocycles. The maximum absolute atomic E-state index is 12.9. The Labute approximate surface area is 88.0 Å². The molecule has 0 atom stereocenters. The van der Waals surface area contributed by atoms with E-state index in [9.17, 15) is 4.39 Å². The Balaban J connectivity index is 2.93. The molecule has 0 saturated heterocycles. The summed E-state index contributed by atoms with van der Waals surface area (Å²) in [6, 6.07) is 6.02. The van der Waals surface area contributed by atoms with Crippen LogP contribution in [0.2, 0.25) is 0 Å². The first-order valence-corrected chi connectivity index (χ1v) is 4.70. The fraction of sp³-hybridized carbons (Fsp3) is 0.182. The Morgan fingerprint density at radius 3 is 2.86 bits per heavy atom. The van der Waals surface area contributed by atoms with Crippen LogP contribution in [0.4, 0.5) is 4.39 Å². The van der Waals surface area contributed by atoms with Gasteiger partial charge in [-0.1, -0.05) is 11.8 Å². The van der Waals surface area contributed by atoms with Crippen molar-refractivity contribution in [2.75, 3.05) is 5.75 Å². The first kappa shape index (κ1) is 10.6. The standard InChI is InChI=1S/C11H8FNS/c12-11-5-4-9(3-1-2-6-14)7-10(11)8-13/h4-5,7,14H,2,6H2. The summed E-state index contributed by atoms with van der Waals surface area (Å²) >= 11 is 4.01. The molecule has 1 nitrogen and oxygen atoms in total. The van der Waals surface area contributed by atoms with Crippen molar-refractivity contribution in [1.29, 1.82) is 5.26 Å². The monoisotopic (exact) mass is 205 g/mol. The van der Waals surface area contributed by atoms with E-state index in [1.165, 1.54) is 12.1 Å². The first-order valence-electron chi connectivity index (χ1n) is 4.07. The van der Waals surface area contributed by atoms with Gasteiger partial charge in [-0.25, -0.2) is 4.39 Å². The molecule has 0 saturated carbocycles. The highest BCUT2D eigenvalue weighted by Crippen LogP contribution is 2.08. The number of thiol groups is 1. The zero-order valence-electron chi connectivity index (χ0n) is 7.42. The summed E-state index contributed by atoms with van der Waals surface area (Å²) in [5.74, 6) is 5.88. The average molecular weight is 205 g/mol. The lowest BCUT2D eigenvalue weighted by molar-refractivity contribution is 0.624. The number of hydrogen-bond acceptors (Lipinski definition) is 2. The minimum atomic E-state index is -0.507. The summed E-state index contributed by atoms with van der Waals surface area (Å²) in [5.41, 5.74) is 0.687. The number of benzene rings is 1. The predicted octanol–water partition coefficient (Wildman–Crippen LogP) is 2.37. The van der Waals surface area contributed by atoms with Crippen LogP contribution in [0.25, 0.3) is 0 Å². The normalized spacial score (nSPS) is 8.64. The second kappa shape index (κ2) is 5.32. The third kappa shape index (κ3) is 2.80. The SMILES string of the molecule is N#Cc1cc(C#CCCS)ccc1F. The molecule has 0 fully saturated rings. The van der Waals surface area contributed by atoms with Gasteiger partial charge in [0.2, 0.25) is 0 Å². The minimum Gasteiger partial charge on any atom is -0.206 e. The molecule has 1 rings (SSSR count). The van der Waals surface area contributed by atoms with Crippen molar-refractivity contribution in [2.45, 2.75) is 6.42 Å². The van der Waals surface area contributed by atoms with E-state index in [1.54, 1.807) is 12.1 Å². The smallest absolute Gasteiger partial charge is 0.141 e. The molecule has 0 unspecified atom stereocenters. The van der Waals surface area contributed by atoms with Crippen molar-refractivity contribution < 1.29 is 4.39 Å². The molecule has 0 N–H and O–H groups in total. The zero-order chi connectivity index (χ0) is 10.4. The van der Waals surface area contributed by atoms with Crippen LogP contribution in [0.3, 0.4) is 0 Å². The van der Waals surface area contributed by atoms with E-state index in [0.717, 1.165) is 0 Å². The van der Waals surface area contributed by atoms with E-state index in [4.69, 9.17) is 5.26 Å². The van der Waals surface area contributed by atoms with Gasteiger partial charge in [-0.2, -0.15) is 17.9 Å². The van der Waals surface area contributed by atoms with Gasteiger partial charge in [-0.15, -0.1) is 0 Å². The maximum Gasteiger partial charge on any atom is 0.141 e. The number of nitrogens with zero attached hydrogens (tertiary/aromatic N) is 1. The second-order valence-electron chi connectivity index (χ2n) is 2.58. The summed E-state index contributed by atoms with van der Waals surface area (Å²) in [4.78, 5) is 0. The van der Waals surface area contributed by atoms with Crippen LogP contribution in [0.1, 0.15) is 17.5 Å². The zero-order valence-corrected chi connectivity index (χ0v) is 8.31. The van der Waals surface area contributed by atoms with E-state index in [2.05, 4.69) is 24.5 Å². The van der Waals surface area contributed by atoms with Gasteiger partial charge in [0, 0.05) is 17.7 Å². The Hall–Kier alpha value is -1.45. The largest absolute Gasteiger partial charge is 0.206 e. The Morgan fingerprint density at radius 1 is 1.43 bits per heavy atom. The summed E-state index contributed by atoms with van der Waals surface area (Å²) in [6.07, 6.45) is 0.683. The summed E-state index contributed by atoms with van der Waals surface area (Å²) in [7, 11) is 0. The lowest BCUT2D eigenvalue weighted by atomic mass is 10.1. The first-order chi connectivity index (χ1) is 6.77. The van der Waals surface area contributed by atoms with Crippen molar-refractivity contribution in [3.05, 3.63) is 35.1 Å². The maximum atomic E-state index is 12.9. The highest BCUT2D eigenvalue weighted by Gasteiger charge is 2.00. The Kier molecular flexibility index (Phi) is 4.04. The molecule has 0 radical (unpaired) electrons. The molecule has 14 heavy (non-hydrogen) atoms. The van der Waals surface area contributed by atoms with Crippen LogP contribution in [0.5, 0.6) is 0 Å². The number of halogens is 1. The molecule has 1 aromatic rings. The van der Waals surface area contributed by atoms with Crippen molar-refractivity contribution in [3.63, 3.8) is 0 Å². The van der Waals surface area contributed by atoms with Crippen LogP contribution < -0.4 is 0 Å². The highest BCUT2D eigenvalue weighted by molar-refractivity contribution is 7.80. The van der Waals surface area contributed by atoms with Gasteiger partial charge in [-0.05, 0) is 18.2 Å². The van der Waals surface area contributed by atoms with Crippen LogP contribution in [-0.4, -0.2) is 5.75 Å². The van der Waals surface area contributed by atoms with Gasteiger partial charge in [0.1, 0.15) is 11.9 Å². The minimum absolute atomic E-state index is 0.0303. The number of nitriles is 1. The van der Waals surface area contributed by atoms with Crippen LogP contribution in [0.15, 0.2) is 18.2 Å². The molecule has 0 aliphatic carbocycles. The summed E-state index contributed by atoms with van der Waals surface area (Å²) in [6.45, 7) is 0. The molecule has 0 amide bonds. The molecule has 70 valence electrons. The lowest BCUT2D eigenvalue weighted by Gasteiger charge is -1.93. The summed E-state index contributed by atoms with van der Waals surface area (Å²) < 4.78 is 12.9. The van der Waals surface area contributed by atoms with Gasteiger partial charge in [-0.3, -0.25) is 0 Å². The Morgan fingerprint density at radius 2 is 2.21 bits per heavy atom. The van der Waals surface area contributed by atoms with Crippen LogP contribution in [0, 0.1) is 29.0 Å². The van der Waals surface area contributed by atoms with Crippen LogP contribution >= 0.6 is 12.6 Å². The lowest BCUT2D eigenvalue weighted by Crippen LogP contribution is -1.84. The van der Waals surface area contributed by atoms with Gasteiger partial charge in [0.25, 0.3) is 0 Å². The fourth-order valence-corrected chi connectivity index (χ4v) is 1.02. The van der Waals surface area contributed by atoms with Crippen molar-refractivity contribution >= 4 is 12.6 Å². The van der Waals surface area contributed by atoms with Crippen molar-refractivity contribution in [1.82, 2.24) is 0 Å². The van der Waals surface area contributed by atoms with E-state index >= 15 is 0 Å². The van der Waals surface area contributed by atoms with E-state index in [0.29, 0.717) is 17.7 Å². The Bertz CT molecular complexity index is 423. The quantitative estimate of drug-likeness (QED) is 0.552. The van der Waals surface area contributed by atoms with Crippen molar-refractivity contribution in [3.8, 4) is 17.9 Å². The topological polar surface area (TPSA) is 23.8 Å². The van der Waals surface area contributed by atoms with E-state index < -0.39 is 5.82 Å². The number of hydrogen-bond donors (Lipinski definition) is 1. The van der Waals surface area contributed by atoms with Crippen molar-refractivity contribution in [2.24, 2.45) is 0 Å². The predicted molar refractivity (Wildman–Crippen MR) is 56.5 cm³/mol.